The molecule has 0 fully saturated rings. The fourth-order valence-electron chi connectivity index (χ4n) is 2.35. The normalized spacial score (nSPS) is 10.6. The summed E-state index contributed by atoms with van der Waals surface area (Å²) in [6, 6.07) is 8.48. The molecule has 27 heavy (non-hydrogen) atoms. The number of carboxylic acids is 1. The fraction of sp³-hybridized carbons (Fsp3) is 0.316. The van der Waals surface area contributed by atoms with Crippen LogP contribution in [-0.4, -0.2) is 35.5 Å². The van der Waals surface area contributed by atoms with Crippen molar-refractivity contribution in [3.8, 4) is 0 Å². The van der Waals surface area contributed by atoms with Crippen LogP contribution in [0.1, 0.15) is 46.7 Å². The van der Waals surface area contributed by atoms with Gasteiger partial charge in [-0.1, -0.05) is 12.1 Å². The fourth-order valence-corrected chi connectivity index (χ4v) is 3.35. The van der Waals surface area contributed by atoms with Gasteiger partial charge in [-0.05, 0) is 32.0 Å². The first-order valence-electron chi connectivity index (χ1n) is 8.47. The zero-order valence-electron chi connectivity index (χ0n) is 15.2. The standard InChI is InChI=1S/C19H22N2O5S/c1-12(2)21-17(22)7-9-20-18(23)14-5-3-4-6-16(14)27-11-15-13(19(24)25)8-10-26-15/h3-6,8,10,12H,7,9,11H2,1-2H3,(H,20,23)(H,21,22)(H,24,25). The Balaban J connectivity index is 1.96. The maximum absolute atomic E-state index is 12.4. The number of aromatic carboxylic acids is 1. The van der Waals surface area contributed by atoms with E-state index >= 15 is 0 Å². The monoisotopic (exact) mass is 390 g/mol. The Labute approximate surface area is 161 Å². The third-order valence-electron chi connectivity index (χ3n) is 3.55. The molecule has 0 aliphatic rings. The molecule has 0 saturated heterocycles. The molecular formula is C19H22N2O5S. The van der Waals surface area contributed by atoms with E-state index in [1.807, 2.05) is 13.8 Å². The first-order valence-corrected chi connectivity index (χ1v) is 9.46. The molecular weight excluding hydrogens is 368 g/mol. The molecule has 0 spiro atoms. The highest BCUT2D eigenvalue weighted by Gasteiger charge is 2.16. The Hall–Kier alpha value is -2.74. The molecule has 0 bridgehead atoms. The number of hydrogen-bond acceptors (Lipinski definition) is 5. The quantitative estimate of drug-likeness (QED) is 0.568. The van der Waals surface area contributed by atoms with Crippen molar-refractivity contribution in [1.82, 2.24) is 10.6 Å². The molecule has 1 aromatic carbocycles. The number of carbonyl (C=O) groups excluding carboxylic acids is 2. The molecule has 0 unspecified atom stereocenters. The number of hydrogen-bond donors (Lipinski definition) is 3. The Kier molecular flexibility index (Phi) is 7.48. The van der Waals surface area contributed by atoms with Gasteiger partial charge in [-0.2, -0.15) is 0 Å². The number of rotatable bonds is 9. The van der Waals surface area contributed by atoms with Gasteiger partial charge >= 0.3 is 5.97 Å². The van der Waals surface area contributed by atoms with E-state index in [4.69, 9.17) is 9.52 Å². The molecule has 1 aromatic heterocycles. The van der Waals surface area contributed by atoms with Crippen molar-refractivity contribution in [2.24, 2.45) is 0 Å². The van der Waals surface area contributed by atoms with Crippen molar-refractivity contribution in [3.05, 3.63) is 53.5 Å². The first kappa shape index (κ1) is 20.6. The maximum atomic E-state index is 12.4. The molecule has 0 radical (unpaired) electrons. The minimum atomic E-state index is -1.05. The molecule has 8 heteroatoms. The zero-order valence-corrected chi connectivity index (χ0v) is 16.0. The van der Waals surface area contributed by atoms with Gasteiger partial charge in [0.15, 0.2) is 0 Å². The summed E-state index contributed by atoms with van der Waals surface area (Å²) in [6.07, 6.45) is 1.54. The summed E-state index contributed by atoms with van der Waals surface area (Å²) in [5.41, 5.74) is 0.579. The minimum Gasteiger partial charge on any atom is -0.478 e. The molecule has 0 aliphatic carbocycles. The van der Waals surface area contributed by atoms with Crippen LogP contribution < -0.4 is 10.6 Å². The Morgan fingerprint density at radius 2 is 1.89 bits per heavy atom. The topological polar surface area (TPSA) is 109 Å². The number of nitrogens with one attached hydrogen (secondary N) is 2. The van der Waals surface area contributed by atoms with Gasteiger partial charge in [0.1, 0.15) is 11.3 Å². The van der Waals surface area contributed by atoms with E-state index < -0.39 is 5.97 Å². The number of carboxylic acid groups (broad SMARTS) is 1. The van der Waals surface area contributed by atoms with Crippen LogP contribution in [0.4, 0.5) is 0 Å². The average molecular weight is 390 g/mol. The van der Waals surface area contributed by atoms with Crippen LogP contribution in [0.2, 0.25) is 0 Å². The summed E-state index contributed by atoms with van der Waals surface area (Å²) in [4.78, 5) is 35.9. The van der Waals surface area contributed by atoms with E-state index in [2.05, 4.69) is 10.6 Å². The maximum Gasteiger partial charge on any atom is 0.339 e. The Bertz CT molecular complexity index is 816. The van der Waals surface area contributed by atoms with Crippen LogP contribution in [0.3, 0.4) is 0 Å². The van der Waals surface area contributed by atoms with E-state index in [1.165, 1.54) is 24.1 Å². The van der Waals surface area contributed by atoms with Crippen molar-refractivity contribution >= 4 is 29.5 Å². The predicted octanol–water partition coefficient (Wildman–Crippen LogP) is 2.91. The van der Waals surface area contributed by atoms with Crippen LogP contribution in [0, 0.1) is 0 Å². The van der Waals surface area contributed by atoms with Gasteiger partial charge < -0.3 is 20.2 Å². The third-order valence-corrected chi connectivity index (χ3v) is 4.63. The van der Waals surface area contributed by atoms with Crippen LogP contribution in [0.15, 0.2) is 45.9 Å². The van der Waals surface area contributed by atoms with Crippen molar-refractivity contribution in [2.75, 3.05) is 6.54 Å². The molecule has 0 atom stereocenters. The van der Waals surface area contributed by atoms with Crippen LogP contribution in [0.25, 0.3) is 0 Å². The summed E-state index contributed by atoms with van der Waals surface area (Å²) >= 11 is 1.32. The van der Waals surface area contributed by atoms with Gasteiger partial charge in [0.2, 0.25) is 5.91 Å². The number of carbonyl (C=O) groups is 3. The lowest BCUT2D eigenvalue weighted by Gasteiger charge is -2.11. The summed E-state index contributed by atoms with van der Waals surface area (Å²) in [5.74, 6) is -0.825. The minimum absolute atomic E-state index is 0.0580. The molecule has 0 aliphatic heterocycles. The van der Waals surface area contributed by atoms with Crippen molar-refractivity contribution in [2.45, 2.75) is 37.0 Å². The van der Waals surface area contributed by atoms with Gasteiger partial charge in [-0.3, -0.25) is 9.59 Å². The van der Waals surface area contributed by atoms with E-state index in [1.54, 1.807) is 24.3 Å². The van der Waals surface area contributed by atoms with Crippen LogP contribution in [-0.2, 0) is 10.5 Å². The van der Waals surface area contributed by atoms with Gasteiger partial charge in [-0.25, -0.2) is 4.79 Å². The summed E-state index contributed by atoms with van der Waals surface area (Å²) in [7, 11) is 0. The van der Waals surface area contributed by atoms with Gasteiger partial charge in [0, 0.05) is 23.9 Å². The number of thioether (sulfide) groups is 1. The first-order chi connectivity index (χ1) is 12.9. The number of amides is 2. The van der Waals surface area contributed by atoms with E-state index in [-0.39, 0.29) is 42.1 Å². The second kappa shape index (κ2) is 9.82. The van der Waals surface area contributed by atoms with Crippen molar-refractivity contribution in [3.63, 3.8) is 0 Å². The molecule has 2 aromatic rings. The van der Waals surface area contributed by atoms with Gasteiger partial charge in [0.05, 0.1) is 17.6 Å². The van der Waals surface area contributed by atoms with E-state index in [9.17, 15) is 14.4 Å². The number of benzene rings is 1. The third kappa shape index (κ3) is 6.18. The zero-order chi connectivity index (χ0) is 19.8. The van der Waals surface area contributed by atoms with E-state index in [0.29, 0.717) is 16.2 Å². The molecule has 1 heterocycles. The molecule has 2 rings (SSSR count). The summed E-state index contributed by atoms with van der Waals surface area (Å²) in [6.45, 7) is 3.98. The van der Waals surface area contributed by atoms with Crippen molar-refractivity contribution in [1.29, 1.82) is 0 Å². The molecule has 7 nitrogen and oxygen atoms in total. The van der Waals surface area contributed by atoms with Crippen LogP contribution in [0.5, 0.6) is 0 Å². The molecule has 2 amide bonds. The second-order valence-corrected chi connectivity index (χ2v) is 7.09. The second-order valence-electron chi connectivity index (χ2n) is 6.08. The highest BCUT2D eigenvalue weighted by molar-refractivity contribution is 7.98. The molecule has 3 N–H and O–H groups in total. The Morgan fingerprint density at radius 3 is 2.59 bits per heavy atom. The lowest BCUT2D eigenvalue weighted by atomic mass is 10.2. The largest absolute Gasteiger partial charge is 0.478 e. The predicted molar refractivity (Wildman–Crippen MR) is 102 cm³/mol. The summed E-state index contributed by atoms with van der Waals surface area (Å²) < 4.78 is 5.22. The van der Waals surface area contributed by atoms with Crippen molar-refractivity contribution < 1.29 is 23.9 Å². The highest BCUT2D eigenvalue weighted by atomic mass is 32.2. The van der Waals surface area contributed by atoms with Gasteiger partial charge in [0.25, 0.3) is 5.91 Å². The Morgan fingerprint density at radius 1 is 1.15 bits per heavy atom. The molecule has 0 saturated carbocycles. The summed E-state index contributed by atoms with van der Waals surface area (Å²) in [5, 5.41) is 14.6. The lowest BCUT2D eigenvalue weighted by Crippen LogP contribution is -2.34. The van der Waals surface area contributed by atoms with E-state index in [0.717, 1.165) is 0 Å². The van der Waals surface area contributed by atoms with Crippen LogP contribution >= 0.6 is 11.8 Å². The average Bonchev–Trinajstić information content (AvgIpc) is 3.08. The number of furan rings is 1. The molecule has 144 valence electrons. The lowest BCUT2D eigenvalue weighted by molar-refractivity contribution is -0.121. The SMILES string of the molecule is CC(C)NC(=O)CCNC(=O)c1ccccc1SCc1occc1C(=O)O. The highest BCUT2D eigenvalue weighted by Crippen LogP contribution is 2.28. The smallest absolute Gasteiger partial charge is 0.339 e. The van der Waals surface area contributed by atoms with Gasteiger partial charge in [-0.15, -0.1) is 11.8 Å².